The van der Waals surface area contributed by atoms with Crippen LogP contribution in [-0.2, 0) is 4.79 Å². The first-order chi connectivity index (χ1) is 7.13. The lowest BCUT2D eigenvalue weighted by molar-refractivity contribution is -0.133. The molecule has 0 saturated carbocycles. The number of nitrogens with zero attached hydrogens (tertiary/aromatic N) is 1. The number of carbonyl (C=O) groups is 1. The quantitative estimate of drug-likeness (QED) is 0.629. The summed E-state index contributed by atoms with van der Waals surface area (Å²) in [7, 11) is 1.87. The normalized spacial score (nSPS) is 12.5. The minimum atomic E-state index is 0.151. The summed E-state index contributed by atoms with van der Waals surface area (Å²) < 4.78 is 0. The molecule has 3 heteroatoms. The first-order valence-corrected chi connectivity index (χ1v) is 5.99. The van der Waals surface area contributed by atoms with E-state index in [9.17, 15) is 4.79 Å². The highest BCUT2D eigenvalue weighted by Crippen LogP contribution is 2.09. The van der Waals surface area contributed by atoms with E-state index in [0.717, 1.165) is 38.6 Å². The largest absolute Gasteiger partial charge is 0.396 e. The molecule has 0 aromatic carbocycles. The van der Waals surface area contributed by atoms with Gasteiger partial charge in [-0.15, -0.1) is 0 Å². The maximum absolute atomic E-state index is 11.8. The van der Waals surface area contributed by atoms with Crippen molar-refractivity contribution in [3.63, 3.8) is 0 Å². The van der Waals surface area contributed by atoms with Crippen LogP contribution in [0.1, 0.15) is 46.0 Å². The second-order valence-electron chi connectivity index (χ2n) is 4.23. The van der Waals surface area contributed by atoms with Crippen LogP contribution in [0.2, 0.25) is 0 Å². The fraction of sp³-hybridized carbons (Fsp3) is 0.917. The lowest BCUT2D eigenvalue weighted by Crippen LogP contribution is -2.32. The van der Waals surface area contributed by atoms with Gasteiger partial charge in [-0.3, -0.25) is 4.79 Å². The third-order valence-corrected chi connectivity index (χ3v) is 2.67. The summed E-state index contributed by atoms with van der Waals surface area (Å²) in [5, 5.41) is 8.62. The SMILES string of the molecule is CCCC(C)C(=O)N(C)CCCCCO. The van der Waals surface area contributed by atoms with Crippen LogP contribution in [-0.4, -0.2) is 36.1 Å². The maximum atomic E-state index is 11.8. The molecule has 0 aliphatic rings. The average molecular weight is 215 g/mol. The van der Waals surface area contributed by atoms with Gasteiger partial charge in [0.2, 0.25) is 5.91 Å². The molecule has 0 aromatic rings. The fourth-order valence-corrected chi connectivity index (χ4v) is 1.68. The maximum Gasteiger partial charge on any atom is 0.225 e. The van der Waals surface area contributed by atoms with E-state index in [2.05, 4.69) is 6.92 Å². The van der Waals surface area contributed by atoms with Gasteiger partial charge in [-0.1, -0.05) is 20.3 Å². The van der Waals surface area contributed by atoms with E-state index >= 15 is 0 Å². The van der Waals surface area contributed by atoms with Crippen molar-refractivity contribution in [1.82, 2.24) is 4.90 Å². The monoisotopic (exact) mass is 215 g/mol. The smallest absolute Gasteiger partial charge is 0.225 e. The minimum absolute atomic E-state index is 0.151. The molecule has 0 rings (SSSR count). The van der Waals surface area contributed by atoms with Crippen LogP contribution in [0, 0.1) is 5.92 Å². The summed E-state index contributed by atoms with van der Waals surface area (Å²) in [5.41, 5.74) is 0. The first kappa shape index (κ1) is 14.4. The molecule has 0 spiro atoms. The number of hydrogen-bond acceptors (Lipinski definition) is 2. The molecule has 0 saturated heterocycles. The van der Waals surface area contributed by atoms with Crippen molar-refractivity contribution >= 4 is 5.91 Å². The van der Waals surface area contributed by atoms with Crippen LogP contribution in [0.15, 0.2) is 0 Å². The number of aliphatic hydroxyl groups is 1. The van der Waals surface area contributed by atoms with Crippen molar-refractivity contribution in [3.05, 3.63) is 0 Å². The van der Waals surface area contributed by atoms with Crippen LogP contribution in [0.3, 0.4) is 0 Å². The number of aliphatic hydroxyl groups excluding tert-OH is 1. The van der Waals surface area contributed by atoms with E-state index in [1.165, 1.54) is 0 Å². The highest BCUT2D eigenvalue weighted by Gasteiger charge is 2.15. The molecular weight excluding hydrogens is 190 g/mol. The Bertz CT molecular complexity index is 171. The van der Waals surface area contributed by atoms with Crippen molar-refractivity contribution in [2.75, 3.05) is 20.2 Å². The Morgan fingerprint density at radius 2 is 2.00 bits per heavy atom. The molecule has 0 aliphatic carbocycles. The molecule has 0 heterocycles. The molecule has 0 radical (unpaired) electrons. The molecule has 15 heavy (non-hydrogen) atoms. The van der Waals surface area contributed by atoms with E-state index in [-0.39, 0.29) is 18.4 Å². The van der Waals surface area contributed by atoms with E-state index in [1.807, 2.05) is 18.9 Å². The molecule has 0 aromatic heterocycles. The zero-order valence-corrected chi connectivity index (χ0v) is 10.3. The molecule has 0 fully saturated rings. The van der Waals surface area contributed by atoms with Gasteiger partial charge in [0.15, 0.2) is 0 Å². The van der Waals surface area contributed by atoms with Gasteiger partial charge in [-0.05, 0) is 25.7 Å². The van der Waals surface area contributed by atoms with Crippen LogP contribution >= 0.6 is 0 Å². The Morgan fingerprint density at radius 1 is 1.33 bits per heavy atom. The van der Waals surface area contributed by atoms with Gasteiger partial charge in [-0.2, -0.15) is 0 Å². The fourth-order valence-electron chi connectivity index (χ4n) is 1.68. The Morgan fingerprint density at radius 3 is 2.53 bits per heavy atom. The standard InChI is InChI=1S/C12H25NO2/c1-4-8-11(2)12(15)13(3)9-6-5-7-10-14/h11,14H,4-10H2,1-3H3. The molecule has 0 bridgehead atoms. The van der Waals surface area contributed by atoms with Crippen molar-refractivity contribution in [2.24, 2.45) is 5.92 Å². The summed E-state index contributed by atoms with van der Waals surface area (Å²) in [5.74, 6) is 0.402. The molecular formula is C12H25NO2. The Kier molecular flexibility index (Phi) is 8.38. The minimum Gasteiger partial charge on any atom is -0.396 e. The third kappa shape index (κ3) is 6.50. The van der Waals surface area contributed by atoms with Gasteiger partial charge in [0.25, 0.3) is 0 Å². The van der Waals surface area contributed by atoms with Gasteiger partial charge in [0.1, 0.15) is 0 Å². The average Bonchev–Trinajstić information content (AvgIpc) is 2.23. The number of rotatable bonds is 8. The number of unbranched alkanes of at least 4 members (excludes halogenated alkanes) is 2. The number of carbonyl (C=O) groups excluding carboxylic acids is 1. The molecule has 3 nitrogen and oxygen atoms in total. The summed E-state index contributed by atoms with van der Waals surface area (Å²) in [6.07, 6.45) is 4.86. The molecule has 1 unspecified atom stereocenters. The molecule has 90 valence electrons. The van der Waals surface area contributed by atoms with Crippen LogP contribution in [0.25, 0.3) is 0 Å². The second kappa shape index (κ2) is 8.72. The van der Waals surface area contributed by atoms with Gasteiger partial charge in [-0.25, -0.2) is 0 Å². The van der Waals surface area contributed by atoms with Crippen molar-refractivity contribution in [3.8, 4) is 0 Å². The Labute approximate surface area is 93.5 Å². The zero-order valence-electron chi connectivity index (χ0n) is 10.3. The van der Waals surface area contributed by atoms with Crippen LogP contribution < -0.4 is 0 Å². The van der Waals surface area contributed by atoms with Gasteiger partial charge in [0, 0.05) is 26.1 Å². The Hall–Kier alpha value is -0.570. The van der Waals surface area contributed by atoms with E-state index in [1.54, 1.807) is 0 Å². The van der Waals surface area contributed by atoms with E-state index < -0.39 is 0 Å². The summed E-state index contributed by atoms with van der Waals surface area (Å²) in [4.78, 5) is 13.6. The van der Waals surface area contributed by atoms with Crippen molar-refractivity contribution < 1.29 is 9.90 Å². The first-order valence-electron chi connectivity index (χ1n) is 5.99. The lowest BCUT2D eigenvalue weighted by atomic mass is 10.0. The molecule has 1 N–H and O–H groups in total. The zero-order chi connectivity index (χ0) is 11.7. The number of hydrogen-bond donors (Lipinski definition) is 1. The second-order valence-corrected chi connectivity index (χ2v) is 4.23. The van der Waals surface area contributed by atoms with Gasteiger partial charge < -0.3 is 10.0 Å². The van der Waals surface area contributed by atoms with E-state index in [4.69, 9.17) is 5.11 Å². The van der Waals surface area contributed by atoms with E-state index in [0.29, 0.717) is 0 Å². The molecule has 0 aliphatic heterocycles. The predicted molar refractivity (Wildman–Crippen MR) is 62.6 cm³/mol. The summed E-state index contributed by atoms with van der Waals surface area (Å²) in [6, 6.07) is 0. The van der Waals surface area contributed by atoms with Crippen molar-refractivity contribution in [1.29, 1.82) is 0 Å². The van der Waals surface area contributed by atoms with Gasteiger partial charge >= 0.3 is 0 Å². The molecule has 1 amide bonds. The van der Waals surface area contributed by atoms with Crippen LogP contribution in [0.5, 0.6) is 0 Å². The Balaban J connectivity index is 3.68. The highest BCUT2D eigenvalue weighted by molar-refractivity contribution is 5.78. The third-order valence-electron chi connectivity index (χ3n) is 2.67. The van der Waals surface area contributed by atoms with Crippen molar-refractivity contribution in [2.45, 2.75) is 46.0 Å². The predicted octanol–water partition coefficient (Wildman–Crippen LogP) is 2.04. The van der Waals surface area contributed by atoms with Crippen LogP contribution in [0.4, 0.5) is 0 Å². The summed E-state index contributed by atoms with van der Waals surface area (Å²) in [6.45, 7) is 5.16. The molecule has 1 atom stereocenters. The lowest BCUT2D eigenvalue weighted by Gasteiger charge is -2.21. The summed E-state index contributed by atoms with van der Waals surface area (Å²) >= 11 is 0. The number of amides is 1. The van der Waals surface area contributed by atoms with Gasteiger partial charge in [0.05, 0.1) is 0 Å². The highest BCUT2D eigenvalue weighted by atomic mass is 16.2. The topological polar surface area (TPSA) is 40.5 Å².